The minimum absolute atomic E-state index is 0.138. The van der Waals surface area contributed by atoms with Crippen LogP contribution in [0.15, 0.2) is 89.9 Å². The van der Waals surface area contributed by atoms with Gasteiger partial charge in [-0.25, -0.2) is 4.98 Å². The van der Waals surface area contributed by atoms with Crippen molar-refractivity contribution in [3.05, 3.63) is 112 Å². The number of carbonyl (C=O) groups excluding carboxylic acids is 1. The molecule has 0 atom stereocenters. The van der Waals surface area contributed by atoms with Crippen molar-refractivity contribution < 1.29 is 19.8 Å². The van der Waals surface area contributed by atoms with Gasteiger partial charge in [0.2, 0.25) is 0 Å². The largest absolute Gasteiger partial charge is 0.505 e. The fourth-order valence-electron chi connectivity index (χ4n) is 4.71. The molecule has 0 aliphatic rings. The number of nitrogens with zero attached hydrogens (tertiary/aromatic N) is 3. The lowest BCUT2D eigenvalue weighted by Crippen LogP contribution is -2.28. The summed E-state index contributed by atoms with van der Waals surface area (Å²) in [4.78, 5) is 47.1. The minimum atomic E-state index is -1.07. The smallest absolute Gasteiger partial charge is 0.305 e. The fraction of sp³-hybridized carbons (Fsp3) is 0.156. The molecule has 0 spiro atoms. The fourth-order valence-corrected chi connectivity index (χ4v) is 4.71. The predicted molar refractivity (Wildman–Crippen MR) is 156 cm³/mol. The third kappa shape index (κ3) is 5.84. The Morgan fingerprint density at radius 2 is 1.66 bits per heavy atom. The van der Waals surface area contributed by atoms with Crippen LogP contribution in [0.5, 0.6) is 5.75 Å². The van der Waals surface area contributed by atoms with Gasteiger partial charge in [-0.15, -0.1) is 0 Å². The molecule has 0 fully saturated rings. The summed E-state index contributed by atoms with van der Waals surface area (Å²) in [7, 11) is 0. The van der Waals surface area contributed by atoms with Crippen molar-refractivity contribution in [3.8, 4) is 28.1 Å². The number of hydrogen-bond acceptors (Lipinski definition) is 6. The van der Waals surface area contributed by atoms with E-state index in [0.717, 1.165) is 11.3 Å². The number of fused-ring (bicyclic) bond motifs is 1. The molecule has 0 bridgehead atoms. The molecule has 0 aliphatic heterocycles. The van der Waals surface area contributed by atoms with Crippen LogP contribution in [0.25, 0.3) is 33.3 Å². The lowest BCUT2D eigenvalue weighted by Gasteiger charge is -2.19. The van der Waals surface area contributed by atoms with E-state index < -0.39 is 17.6 Å². The van der Waals surface area contributed by atoms with E-state index in [4.69, 9.17) is 5.11 Å². The first-order chi connectivity index (χ1) is 19.8. The van der Waals surface area contributed by atoms with Crippen LogP contribution in [0.1, 0.15) is 28.2 Å². The van der Waals surface area contributed by atoms with E-state index in [-0.39, 0.29) is 36.1 Å². The number of pyridine rings is 3. The Morgan fingerprint density at radius 3 is 2.32 bits per heavy atom. The molecular formula is C32H28N4O5. The third-order valence-corrected chi connectivity index (χ3v) is 6.79. The van der Waals surface area contributed by atoms with Crippen LogP contribution >= 0.6 is 0 Å². The van der Waals surface area contributed by atoms with E-state index in [9.17, 15) is 19.5 Å². The van der Waals surface area contributed by atoms with E-state index in [1.807, 2.05) is 67.6 Å². The monoisotopic (exact) mass is 548 g/mol. The molecule has 0 aliphatic carbocycles. The van der Waals surface area contributed by atoms with Crippen LogP contribution in [-0.2, 0) is 17.8 Å². The zero-order chi connectivity index (χ0) is 28.9. The number of aromatic hydroxyl groups is 1. The summed E-state index contributed by atoms with van der Waals surface area (Å²) in [5.41, 5.74) is 3.52. The summed E-state index contributed by atoms with van der Waals surface area (Å²) >= 11 is 0. The highest BCUT2D eigenvalue weighted by molar-refractivity contribution is 6.06. The van der Waals surface area contributed by atoms with Crippen LogP contribution in [0, 0.1) is 6.92 Å². The van der Waals surface area contributed by atoms with Crippen LogP contribution < -0.4 is 10.9 Å². The van der Waals surface area contributed by atoms with Gasteiger partial charge in [-0.3, -0.25) is 19.4 Å². The quantitative estimate of drug-likeness (QED) is 0.245. The van der Waals surface area contributed by atoms with Gasteiger partial charge < -0.3 is 20.1 Å². The molecule has 3 N–H and O–H groups in total. The highest BCUT2D eigenvalue weighted by atomic mass is 16.4. The number of aromatic nitrogens is 3. The van der Waals surface area contributed by atoms with Crippen molar-refractivity contribution in [2.45, 2.75) is 26.3 Å². The topological polar surface area (TPSA) is 134 Å². The maximum absolute atomic E-state index is 14.1. The summed E-state index contributed by atoms with van der Waals surface area (Å²) in [6.07, 6.45) is 1.86. The molecule has 0 radical (unpaired) electrons. The van der Waals surface area contributed by atoms with Crippen molar-refractivity contribution in [1.82, 2.24) is 19.9 Å². The van der Waals surface area contributed by atoms with E-state index in [2.05, 4.69) is 15.3 Å². The standard InChI is InChI=1S/C32H28N4O5/c1-20-12-13-23(19-34-20)27-29-25(30(39)28(35-27)31(40)33-16-14-26(37)38)18-24(22-10-6-3-7-11-22)32(41)36(29)17-15-21-8-4-2-5-9-21/h2-13,18-19,39H,14-17H2,1H3,(H,33,40)(H,37,38). The lowest BCUT2D eigenvalue weighted by atomic mass is 10.0. The third-order valence-electron chi connectivity index (χ3n) is 6.79. The predicted octanol–water partition coefficient (Wildman–Crippen LogP) is 4.59. The van der Waals surface area contributed by atoms with Gasteiger partial charge in [-0.2, -0.15) is 0 Å². The Kier molecular flexibility index (Phi) is 7.87. The molecule has 206 valence electrons. The first kappa shape index (κ1) is 27.3. The van der Waals surface area contributed by atoms with Crippen molar-refractivity contribution in [2.75, 3.05) is 6.54 Å². The number of aryl methyl sites for hydroxylation is 3. The second-order valence-electron chi connectivity index (χ2n) is 9.62. The number of amides is 1. The van der Waals surface area contributed by atoms with Crippen molar-refractivity contribution >= 4 is 22.8 Å². The average molecular weight is 549 g/mol. The molecule has 2 aromatic carbocycles. The van der Waals surface area contributed by atoms with Gasteiger partial charge >= 0.3 is 5.97 Å². The Morgan fingerprint density at radius 1 is 0.951 bits per heavy atom. The highest BCUT2D eigenvalue weighted by Crippen LogP contribution is 2.36. The van der Waals surface area contributed by atoms with E-state index in [0.29, 0.717) is 34.3 Å². The molecule has 5 aromatic rings. The van der Waals surface area contributed by atoms with E-state index in [1.54, 1.807) is 29.0 Å². The second kappa shape index (κ2) is 11.8. The Labute approximate surface area is 235 Å². The van der Waals surface area contributed by atoms with Crippen LogP contribution in [0.2, 0.25) is 0 Å². The van der Waals surface area contributed by atoms with E-state index in [1.165, 1.54) is 0 Å². The molecule has 3 heterocycles. The first-order valence-electron chi connectivity index (χ1n) is 13.2. The number of benzene rings is 2. The maximum atomic E-state index is 14.1. The van der Waals surface area contributed by atoms with Crippen molar-refractivity contribution in [2.24, 2.45) is 0 Å². The molecule has 1 amide bonds. The number of nitrogens with one attached hydrogen (secondary N) is 1. The number of carboxylic acids is 1. The van der Waals surface area contributed by atoms with Crippen LogP contribution in [0.3, 0.4) is 0 Å². The van der Waals surface area contributed by atoms with Gasteiger partial charge in [-0.1, -0.05) is 60.7 Å². The second-order valence-corrected chi connectivity index (χ2v) is 9.62. The normalized spacial score (nSPS) is 11.0. The Bertz CT molecular complexity index is 1780. The van der Waals surface area contributed by atoms with Gasteiger partial charge in [0.05, 0.1) is 17.6 Å². The molecule has 9 nitrogen and oxygen atoms in total. The Balaban J connectivity index is 1.78. The number of aliphatic carboxylic acids is 1. The highest BCUT2D eigenvalue weighted by Gasteiger charge is 2.24. The zero-order valence-corrected chi connectivity index (χ0v) is 22.4. The van der Waals surface area contributed by atoms with Gasteiger partial charge in [0, 0.05) is 41.5 Å². The molecule has 0 saturated carbocycles. The summed E-state index contributed by atoms with van der Waals surface area (Å²) in [6, 6.07) is 24.1. The van der Waals surface area contributed by atoms with Gasteiger partial charge in [0.15, 0.2) is 11.4 Å². The molecular weight excluding hydrogens is 520 g/mol. The summed E-state index contributed by atoms with van der Waals surface area (Å²) in [5.74, 6) is -2.19. The molecule has 41 heavy (non-hydrogen) atoms. The van der Waals surface area contributed by atoms with Crippen molar-refractivity contribution in [1.29, 1.82) is 0 Å². The maximum Gasteiger partial charge on any atom is 0.305 e. The first-order valence-corrected chi connectivity index (χ1v) is 13.2. The lowest BCUT2D eigenvalue weighted by molar-refractivity contribution is -0.136. The molecule has 3 aromatic heterocycles. The van der Waals surface area contributed by atoms with Crippen molar-refractivity contribution in [3.63, 3.8) is 0 Å². The molecule has 9 heteroatoms. The Hall–Kier alpha value is -5.31. The van der Waals surface area contributed by atoms with Gasteiger partial charge in [-0.05, 0) is 42.7 Å². The number of carbonyl (C=O) groups is 2. The number of carboxylic acid groups (broad SMARTS) is 1. The summed E-state index contributed by atoms with van der Waals surface area (Å²) in [5, 5.41) is 23.2. The SMILES string of the molecule is Cc1ccc(-c2nc(C(=O)NCCC(=O)O)c(O)c3cc(-c4ccccc4)c(=O)n(CCc4ccccc4)c23)cn1. The van der Waals surface area contributed by atoms with E-state index >= 15 is 0 Å². The molecule has 5 rings (SSSR count). The molecule has 0 saturated heterocycles. The number of rotatable bonds is 9. The van der Waals surface area contributed by atoms with Crippen LogP contribution in [-0.4, -0.2) is 43.2 Å². The zero-order valence-electron chi connectivity index (χ0n) is 22.4. The summed E-state index contributed by atoms with van der Waals surface area (Å²) < 4.78 is 1.60. The average Bonchev–Trinajstić information content (AvgIpc) is 2.98. The van der Waals surface area contributed by atoms with Gasteiger partial charge in [0.1, 0.15) is 0 Å². The van der Waals surface area contributed by atoms with Crippen LogP contribution in [0.4, 0.5) is 0 Å². The number of hydrogen-bond donors (Lipinski definition) is 3. The molecule has 0 unspecified atom stereocenters. The van der Waals surface area contributed by atoms with Gasteiger partial charge in [0.25, 0.3) is 11.5 Å². The minimum Gasteiger partial charge on any atom is -0.505 e. The summed E-state index contributed by atoms with van der Waals surface area (Å²) in [6.45, 7) is 1.99.